The van der Waals surface area contributed by atoms with Gasteiger partial charge >= 0.3 is 6.01 Å². The van der Waals surface area contributed by atoms with Gasteiger partial charge in [0.25, 0.3) is 5.91 Å². The standard InChI is InChI=1S/C19H23N3O4/c1-13-10-14(2)21-19(20-13)26-15-8-9-22(11-15)18(23)12-25-17-7-5-4-6-16(17)24-3/h4-7,10,15H,8-9,11-12H2,1-3H3/t15-/m1/s1. The average molecular weight is 357 g/mol. The van der Waals surface area contributed by atoms with E-state index in [1.807, 2.05) is 32.0 Å². The van der Waals surface area contributed by atoms with Crippen LogP contribution in [0.5, 0.6) is 17.5 Å². The Labute approximate surface area is 152 Å². The van der Waals surface area contributed by atoms with Crippen LogP contribution in [-0.4, -0.2) is 53.7 Å². The van der Waals surface area contributed by atoms with Crippen molar-refractivity contribution in [2.75, 3.05) is 26.8 Å². The quantitative estimate of drug-likeness (QED) is 0.789. The first-order valence-electron chi connectivity index (χ1n) is 8.57. The van der Waals surface area contributed by atoms with Gasteiger partial charge in [0.1, 0.15) is 6.10 Å². The maximum atomic E-state index is 12.4. The maximum Gasteiger partial charge on any atom is 0.317 e. The van der Waals surface area contributed by atoms with Gasteiger partial charge in [-0.05, 0) is 32.0 Å². The molecule has 1 aromatic carbocycles. The molecule has 2 aromatic rings. The monoisotopic (exact) mass is 357 g/mol. The molecule has 7 nitrogen and oxygen atoms in total. The van der Waals surface area contributed by atoms with Crippen molar-refractivity contribution in [3.63, 3.8) is 0 Å². The zero-order valence-corrected chi connectivity index (χ0v) is 15.3. The normalized spacial score (nSPS) is 16.4. The molecule has 138 valence electrons. The van der Waals surface area contributed by atoms with E-state index in [9.17, 15) is 4.79 Å². The second-order valence-corrected chi connectivity index (χ2v) is 6.24. The SMILES string of the molecule is COc1ccccc1OCC(=O)N1CC[C@@H](Oc2nc(C)cc(C)n2)C1. The second kappa shape index (κ2) is 8.03. The number of nitrogens with zero attached hydrogens (tertiary/aromatic N) is 3. The van der Waals surface area contributed by atoms with Crippen LogP contribution in [0.2, 0.25) is 0 Å². The minimum absolute atomic E-state index is 0.0346. The number of benzene rings is 1. The van der Waals surface area contributed by atoms with Crippen molar-refractivity contribution in [1.29, 1.82) is 0 Å². The van der Waals surface area contributed by atoms with Crippen LogP contribution >= 0.6 is 0 Å². The summed E-state index contributed by atoms with van der Waals surface area (Å²) in [6, 6.07) is 9.53. The summed E-state index contributed by atoms with van der Waals surface area (Å²) in [4.78, 5) is 22.7. The molecule has 0 bridgehead atoms. The number of ether oxygens (including phenoxy) is 3. The molecule has 0 spiro atoms. The van der Waals surface area contributed by atoms with Gasteiger partial charge in [0.05, 0.1) is 13.7 Å². The first-order valence-corrected chi connectivity index (χ1v) is 8.57. The van der Waals surface area contributed by atoms with Gasteiger partial charge < -0.3 is 19.1 Å². The number of methoxy groups -OCH3 is 1. The predicted molar refractivity (Wildman–Crippen MR) is 95.6 cm³/mol. The summed E-state index contributed by atoms with van der Waals surface area (Å²) in [5.41, 5.74) is 1.73. The van der Waals surface area contributed by atoms with Crippen LogP contribution < -0.4 is 14.2 Å². The number of aromatic nitrogens is 2. The van der Waals surface area contributed by atoms with Crippen molar-refractivity contribution in [1.82, 2.24) is 14.9 Å². The molecule has 1 aliphatic heterocycles. The Morgan fingerprint density at radius 2 is 1.88 bits per heavy atom. The van der Waals surface area contributed by atoms with Gasteiger partial charge in [-0.3, -0.25) is 4.79 Å². The third-order valence-corrected chi connectivity index (χ3v) is 4.15. The molecule has 0 saturated carbocycles. The molecule has 2 heterocycles. The van der Waals surface area contributed by atoms with Crippen molar-refractivity contribution in [3.05, 3.63) is 41.7 Å². The number of carbonyl (C=O) groups excluding carboxylic acids is 1. The van der Waals surface area contributed by atoms with E-state index < -0.39 is 0 Å². The fourth-order valence-corrected chi connectivity index (χ4v) is 2.92. The molecule has 0 aliphatic carbocycles. The molecule has 1 saturated heterocycles. The molecule has 0 unspecified atom stereocenters. The summed E-state index contributed by atoms with van der Waals surface area (Å²) in [5.74, 6) is 1.08. The Kier molecular flexibility index (Phi) is 5.55. The predicted octanol–water partition coefficient (Wildman–Crippen LogP) is 2.16. The van der Waals surface area contributed by atoms with Gasteiger partial charge in [-0.1, -0.05) is 12.1 Å². The molecule has 1 amide bonds. The minimum atomic E-state index is -0.105. The van der Waals surface area contributed by atoms with Gasteiger partial charge in [-0.2, -0.15) is 0 Å². The van der Waals surface area contributed by atoms with E-state index in [0.29, 0.717) is 30.6 Å². The Hall–Kier alpha value is -2.83. The summed E-state index contributed by atoms with van der Waals surface area (Å²) in [7, 11) is 1.57. The molecule has 3 rings (SSSR count). The summed E-state index contributed by atoms with van der Waals surface area (Å²) < 4.78 is 16.7. The van der Waals surface area contributed by atoms with Crippen LogP contribution in [0.3, 0.4) is 0 Å². The van der Waals surface area contributed by atoms with E-state index in [1.54, 1.807) is 24.1 Å². The number of hydrogen-bond acceptors (Lipinski definition) is 6. The van der Waals surface area contributed by atoms with Crippen LogP contribution in [0.25, 0.3) is 0 Å². The molecular weight excluding hydrogens is 334 g/mol. The highest BCUT2D eigenvalue weighted by Crippen LogP contribution is 2.26. The van der Waals surface area contributed by atoms with Crippen molar-refractivity contribution in [2.45, 2.75) is 26.4 Å². The topological polar surface area (TPSA) is 73.8 Å². The highest BCUT2D eigenvalue weighted by Gasteiger charge is 2.28. The number of likely N-dealkylation sites (tertiary alicyclic amines) is 1. The number of amides is 1. The summed E-state index contributed by atoms with van der Waals surface area (Å²) >= 11 is 0. The van der Waals surface area contributed by atoms with Gasteiger partial charge in [-0.25, -0.2) is 9.97 Å². The summed E-state index contributed by atoms with van der Waals surface area (Å²) in [6.07, 6.45) is 0.642. The number of para-hydroxylation sites is 2. The number of rotatable bonds is 6. The highest BCUT2D eigenvalue weighted by atomic mass is 16.5. The largest absolute Gasteiger partial charge is 0.493 e. The fraction of sp³-hybridized carbons (Fsp3) is 0.421. The Morgan fingerprint density at radius 1 is 1.19 bits per heavy atom. The highest BCUT2D eigenvalue weighted by molar-refractivity contribution is 5.78. The lowest BCUT2D eigenvalue weighted by molar-refractivity contribution is -0.132. The van der Waals surface area contributed by atoms with E-state index >= 15 is 0 Å². The Bertz CT molecular complexity index is 761. The molecule has 0 radical (unpaired) electrons. The minimum Gasteiger partial charge on any atom is -0.493 e. The zero-order chi connectivity index (χ0) is 18.5. The van der Waals surface area contributed by atoms with Gasteiger partial charge in [0.15, 0.2) is 18.1 Å². The first-order chi connectivity index (χ1) is 12.5. The van der Waals surface area contributed by atoms with E-state index in [0.717, 1.165) is 17.8 Å². The van der Waals surface area contributed by atoms with Crippen LogP contribution in [-0.2, 0) is 4.79 Å². The van der Waals surface area contributed by atoms with Gasteiger partial charge in [0, 0.05) is 24.4 Å². The van der Waals surface area contributed by atoms with Crippen LogP contribution in [0.1, 0.15) is 17.8 Å². The molecule has 1 fully saturated rings. The molecule has 26 heavy (non-hydrogen) atoms. The zero-order valence-electron chi connectivity index (χ0n) is 15.3. The number of hydrogen-bond donors (Lipinski definition) is 0. The maximum absolute atomic E-state index is 12.4. The lowest BCUT2D eigenvalue weighted by atomic mass is 10.3. The molecular formula is C19H23N3O4. The van der Waals surface area contributed by atoms with E-state index in [-0.39, 0.29) is 18.6 Å². The second-order valence-electron chi connectivity index (χ2n) is 6.24. The third kappa shape index (κ3) is 4.41. The first kappa shape index (κ1) is 18.0. The van der Waals surface area contributed by atoms with E-state index in [2.05, 4.69) is 9.97 Å². The number of aryl methyl sites for hydroxylation is 2. The fourth-order valence-electron chi connectivity index (χ4n) is 2.92. The Morgan fingerprint density at radius 3 is 2.58 bits per heavy atom. The third-order valence-electron chi connectivity index (χ3n) is 4.15. The van der Waals surface area contributed by atoms with Gasteiger partial charge in [0.2, 0.25) is 0 Å². The molecule has 7 heteroatoms. The lowest BCUT2D eigenvalue weighted by Gasteiger charge is -2.17. The van der Waals surface area contributed by atoms with Crippen molar-refractivity contribution >= 4 is 5.91 Å². The van der Waals surface area contributed by atoms with Crippen molar-refractivity contribution < 1.29 is 19.0 Å². The van der Waals surface area contributed by atoms with Gasteiger partial charge in [-0.15, -0.1) is 0 Å². The molecule has 1 aliphatic rings. The van der Waals surface area contributed by atoms with E-state index in [1.165, 1.54) is 0 Å². The van der Waals surface area contributed by atoms with Crippen molar-refractivity contribution in [3.8, 4) is 17.5 Å². The summed E-state index contributed by atoms with van der Waals surface area (Å²) in [5, 5.41) is 0. The number of carbonyl (C=O) groups is 1. The smallest absolute Gasteiger partial charge is 0.317 e. The Balaban J connectivity index is 1.52. The van der Waals surface area contributed by atoms with E-state index in [4.69, 9.17) is 14.2 Å². The lowest BCUT2D eigenvalue weighted by Crippen LogP contribution is -2.34. The average Bonchev–Trinajstić information content (AvgIpc) is 3.07. The van der Waals surface area contributed by atoms with Crippen molar-refractivity contribution in [2.24, 2.45) is 0 Å². The molecule has 1 aromatic heterocycles. The molecule has 1 atom stereocenters. The molecule has 0 N–H and O–H groups in total. The summed E-state index contributed by atoms with van der Waals surface area (Å²) in [6.45, 7) is 4.91. The van der Waals surface area contributed by atoms with Crippen LogP contribution in [0.15, 0.2) is 30.3 Å². The van der Waals surface area contributed by atoms with Crippen LogP contribution in [0, 0.1) is 13.8 Å². The van der Waals surface area contributed by atoms with Crippen LogP contribution in [0.4, 0.5) is 0 Å².